The molecule has 0 N–H and O–H groups in total. The molecule has 0 bridgehead atoms. The van der Waals surface area contributed by atoms with E-state index in [-0.39, 0.29) is 5.91 Å². The molecule has 1 saturated heterocycles. The minimum absolute atomic E-state index is 0.152. The van der Waals surface area contributed by atoms with Gasteiger partial charge in [-0.1, -0.05) is 23.7 Å². The normalized spacial score (nSPS) is 16.5. The Morgan fingerprint density at radius 1 is 1.33 bits per heavy atom. The first-order valence-corrected chi connectivity index (χ1v) is 5.36. The molecule has 80 valence electrons. The SMILES string of the molecule is O=C(c1ccccc1Cl)N1CCCCO1. The van der Waals surface area contributed by atoms with E-state index in [1.54, 1.807) is 24.3 Å². The lowest BCUT2D eigenvalue weighted by Crippen LogP contribution is -2.35. The summed E-state index contributed by atoms with van der Waals surface area (Å²) in [4.78, 5) is 17.2. The third-order valence-electron chi connectivity index (χ3n) is 2.33. The van der Waals surface area contributed by atoms with Crippen LogP contribution in [0.4, 0.5) is 0 Å². The summed E-state index contributed by atoms with van der Waals surface area (Å²) in [5, 5.41) is 1.86. The number of benzene rings is 1. The largest absolute Gasteiger partial charge is 0.278 e. The van der Waals surface area contributed by atoms with E-state index in [4.69, 9.17) is 16.4 Å². The predicted octanol–water partition coefficient (Wildman–Crippen LogP) is 2.51. The number of amides is 1. The smallest absolute Gasteiger partial charge is 0.271 e. The van der Waals surface area contributed by atoms with Gasteiger partial charge in [-0.2, -0.15) is 0 Å². The zero-order valence-corrected chi connectivity index (χ0v) is 9.04. The lowest BCUT2D eigenvalue weighted by Gasteiger charge is -2.26. The van der Waals surface area contributed by atoms with Gasteiger partial charge in [0.15, 0.2) is 0 Å². The fraction of sp³-hybridized carbons (Fsp3) is 0.364. The Labute approximate surface area is 93.5 Å². The van der Waals surface area contributed by atoms with E-state index in [0.29, 0.717) is 23.7 Å². The summed E-state index contributed by atoms with van der Waals surface area (Å²) in [5.41, 5.74) is 0.501. The van der Waals surface area contributed by atoms with Crippen LogP contribution in [-0.2, 0) is 4.84 Å². The first-order valence-electron chi connectivity index (χ1n) is 4.98. The summed E-state index contributed by atoms with van der Waals surface area (Å²) in [6, 6.07) is 7.01. The van der Waals surface area contributed by atoms with Gasteiger partial charge < -0.3 is 0 Å². The third kappa shape index (κ3) is 2.30. The summed E-state index contributed by atoms with van der Waals surface area (Å²) < 4.78 is 0. The van der Waals surface area contributed by atoms with Gasteiger partial charge in [0.25, 0.3) is 5.91 Å². The van der Waals surface area contributed by atoms with Crippen molar-refractivity contribution in [2.24, 2.45) is 0 Å². The minimum atomic E-state index is -0.152. The van der Waals surface area contributed by atoms with Gasteiger partial charge in [-0.25, -0.2) is 5.06 Å². The summed E-state index contributed by atoms with van der Waals surface area (Å²) in [5.74, 6) is -0.152. The Hall–Kier alpha value is -1.06. The Bertz CT molecular complexity index is 361. The highest BCUT2D eigenvalue weighted by Gasteiger charge is 2.20. The molecule has 0 saturated carbocycles. The number of halogens is 1. The fourth-order valence-corrected chi connectivity index (χ4v) is 1.74. The van der Waals surface area contributed by atoms with E-state index in [1.807, 2.05) is 0 Å². The van der Waals surface area contributed by atoms with E-state index < -0.39 is 0 Å². The van der Waals surface area contributed by atoms with Crippen molar-refractivity contribution in [1.29, 1.82) is 0 Å². The molecule has 0 aromatic heterocycles. The van der Waals surface area contributed by atoms with Crippen LogP contribution in [0.3, 0.4) is 0 Å². The van der Waals surface area contributed by atoms with Crippen molar-refractivity contribution in [2.75, 3.05) is 13.2 Å². The van der Waals surface area contributed by atoms with E-state index in [0.717, 1.165) is 12.8 Å². The molecule has 3 nitrogen and oxygen atoms in total. The van der Waals surface area contributed by atoms with Crippen LogP contribution < -0.4 is 0 Å². The highest BCUT2D eigenvalue weighted by Crippen LogP contribution is 2.18. The van der Waals surface area contributed by atoms with Gasteiger partial charge in [-0.3, -0.25) is 9.63 Å². The summed E-state index contributed by atoms with van der Waals surface area (Å²) in [6.45, 7) is 1.25. The van der Waals surface area contributed by atoms with Gasteiger partial charge in [-0.15, -0.1) is 0 Å². The number of carbonyl (C=O) groups excluding carboxylic acids is 1. The van der Waals surface area contributed by atoms with Gasteiger partial charge >= 0.3 is 0 Å². The number of hydrogen-bond donors (Lipinski definition) is 0. The zero-order valence-electron chi connectivity index (χ0n) is 8.28. The number of hydroxylamine groups is 2. The topological polar surface area (TPSA) is 29.5 Å². The maximum absolute atomic E-state index is 11.9. The van der Waals surface area contributed by atoms with Crippen molar-refractivity contribution in [3.05, 3.63) is 34.9 Å². The number of hydrogen-bond acceptors (Lipinski definition) is 2. The number of nitrogens with zero attached hydrogens (tertiary/aromatic N) is 1. The predicted molar refractivity (Wildman–Crippen MR) is 57.7 cm³/mol. The lowest BCUT2D eigenvalue weighted by atomic mass is 10.2. The van der Waals surface area contributed by atoms with Crippen LogP contribution in [0.1, 0.15) is 23.2 Å². The van der Waals surface area contributed by atoms with E-state index in [1.165, 1.54) is 5.06 Å². The van der Waals surface area contributed by atoms with Crippen LogP contribution in [0.15, 0.2) is 24.3 Å². The standard InChI is InChI=1S/C11H12ClNO2/c12-10-6-2-1-5-9(10)11(14)13-7-3-4-8-15-13/h1-2,5-6H,3-4,7-8H2. The summed E-state index contributed by atoms with van der Waals surface area (Å²) >= 11 is 5.94. The van der Waals surface area contributed by atoms with Crippen LogP contribution in [-0.4, -0.2) is 24.1 Å². The zero-order chi connectivity index (χ0) is 10.7. The van der Waals surface area contributed by atoms with Gasteiger partial charge in [0.2, 0.25) is 0 Å². The van der Waals surface area contributed by atoms with Crippen molar-refractivity contribution in [3.8, 4) is 0 Å². The van der Waals surface area contributed by atoms with Gasteiger partial charge in [0.1, 0.15) is 0 Å². The van der Waals surface area contributed by atoms with Crippen LogP contribution in [0.25, 0.3) is 0 Å². The van der Waals surface area contributed by atoms with Crippen molar-refractivity contribution < 1.29 is 9.63 Å². The van der Waals surface area contributed by atoms with Crippen LogP contribution in [0.5, 0.6) is 0 Å². The third-order valence-corrected chi connectivity index (χ3v) is 2.66. The highest BCUT2D eigenvalue weighted by atomic mass is 35.5. The molecule has 1 aliphatic rings. The van der Waals surface area contributed by atoms with Crippen molar-refractivity contribution in [2.45, 2.75) is 12.8 Å². The van der Waals surface area contributed by atoms with Crippen molar-refractivity contribution >= 4 is 17.5 Å². The van der Waals surface area contributed by atoms with Crippen LogP contribution in [0, 0.1) is 0 Å². The molecule has 1 heterocycles. The molecule has 0 spiro atoms. The molecule has 0 unspecified atom stereocenters. The van der Waals surface area contributed by atoms with Gasteiger partial charge in [0, 0.05) is 6.54 Å². The van der Waals surface area contributed by atoms with Crippen molar-refractivity contribution in [3.63, 3.8) is 0 Å². The molecule has 15 heavy (non-hydrogen) atoms. The molecule has 1 amide bonds. The molecular formula is C11H12ClNO2. The molecule has 1 aliphatic heterocycles. The van der Waals surface area contributed by atoms with E-state index in [2.05, 4.69) is 0 Å². The van der Waals surface area contributed by atoms with Gasteiger partial charge in [-0.05, 0) is 25.0 Å². The summed E-state index contributed by atoms with van der Waals surface area (Å²) in [6.07, 6.45) is 1.99. The Morgan fingerprint density at radius 2 is 2.13 bits per heavy atom. The molecule has 0 atom stereocenters. The Kier molecular flexibility index (Phi) is 3.23. The van der Waals surface area contributed by atoms with Crippen LogP contribution >= 0.6 is 11.6 Å². The van der Waals surface area contributed by atoms with E-state index in [9.17, 15) is 4.79 Å². The quantitative estimate of drug-likeness (QED) is 0.735. The van der Waals surface area contributed by atoms with Crippen LogP contribution in [0.2, 0.25) is 5.02 Å². The molecule has 0 radical (unpaired) electrons. The second-order valence-electron chi connectivity index (χ2n) is 3.43. The fourth-order valence-electron chi connectivity index (χ4n) is 1.53. The average Bonchev–Trinajstić information content (AvgIpc) is 2.30. The second-order valence-corrected chi connectivity index (χ2v) is 3.83. The molecule has 1 aromatic carbocycles. The Morgan fingerprint density at radius 3 is 2.80 bits per heavy atom. The maximum atomic E-state index is 11.9. The first kappa shape index (κ1) is 10.5. The summed E-state index contributed by atoms with van der Waals surface area (Å²) in [7, 11) is 0. The number of rotatable bonds is 1. The van der Waals surface area contributed by atoms with E-state index >= 15 is 0 Å². The minimum Gasteiger partial charge on any atom is -0.271 e. The average molecular weight is 226 g/mol. The molecular weight excluding hydrogens is 214 g/mol. The monoisotopic (exact) mass is 225 g/mol. The molecule has 0 aliphatic carbocycles. The number of carbonyl (C=O) groups is 1. The maximum Gasteiger partial charge on any atom is 0.278 e. The van der Waals surface area contributed by atoms with Crippen molar-refractivity contribution in [1.82, 2.24) is 5.06 Å². The highest BCUT2D eigenvalue weighted by molar-refractivity contribution is 6.33. The van der Waals surface area contributed by atoms with Gasteiger partial charge in [0.05, 0.1) is 17.2 Å². The first-order chi connectivity index (χ1) is 7.29. The lowest BCUT2D eigenvalue weighted by molar-refractivity contribution is -0.144. The molecule has 4 heteroatoms. The molecule has 1 aromatic rings. The second kappa shape index (κ2) is 4.64. The molecule has 1 fully saturated rings. The molecule has 2 rings (SSSR count). The Balaban J connectivity index is 2.16.